The van der Waals surface area contributed by atoms with E-state index in [0.29, 0.717) is 6.61 Å². The fourth-order valence-corrected chi connectivity index (χ4v) is 3.36. The number of hydrogen-bond donors (Lipinski definition) is 2. The van der Waals surface area contributed by atoms with Crippen LogP contribution in [-0.4, -0.2) is 35.8 Å². The van der Waals surface area contributed by atoms with E-state index in [9.17, 15) is 0 Å². The average molecular weight is 403 g/mol. The van der Waals surface area contributed by atoms with Crippen molar-refractivity contribution in [1.82, 2.24) is 9.55 Å². The molecule has 1 aromatic heterocycles. The SMILES string of the molecule is CCOc1ccc(CNc2nc3ccccc3n2CC[NH+](CC)CC)cc1.[Cl-]. The first-order valence-electron chi connectivity index (χ1n) is 9.99. The molecule has 0 radical (unpaired) electrons. The summed E-state index contributed by atoms with van der Waals surface area (Å²) in [5.74, 6) is 1.85. The predicted molar refractivity (Wildman–Crippen MR) is 112 cm³/mol. The third kappa shape index (κ3) is 5.40. The molecule has 0 amide bonds. The maximum Gasteiger partial charge on any atom is 0.204 e. The van der Waals surface area contributed by atoms with Crippen molar-refractivity contribution < 1.29 is 22.0 Å². The van der Waals surface area contributed by atoms with Crippen LogP contribution in [0.1, 0.15) is 26.3 Å². The minimum atomic E-state index is 0. The summed E-state index contributed by atoms with van der Waals surface area (Å²) >= 11 is 0. The number of fused-ring (bicyclic) bond motifs is 1. The summed E-state index contributed by atoms with van der Waals surface area (Å²) in [7, 11) is 0. The molecule has 3 rings (SSSR count). The quantitative estimate of drug-likeness (QED) is 0.501. The summed E-state index contributed by atoms with van der Waals surface area (Å²) in [5, 5.41) is 3.53. The van der Waals surface area contributed by atoms with Crippen molar-refractivity contribution in [3.63, 3.8) is 0 Å². The van der Waals surface area contributed by atoms with Gasteiger partial charge in [-0.1, -0.05) is 24.3 Å². The van der Waals surface area contributed by atoms with Crippen LogP contribution < -0.4 is 27.4 Å². The average Bonchev–Trinajstić information content (AvgIpc) is 3.06. The molecule has 6 heteroatoms. The molecule has 0 aliphatic heterocycles. The molecule has 2 aromatic carbocycles. The van der Waals surface area contributed by atoms with Gasteiger partial charge in [0.1, 0.15) is 5.75 Å². The van der Waals surface area contributed by atoms with Crippen molar-refractivity contribution in [2.45, 2.75) is 33.9 Å². The Bertz CT molecular complexity index is 843. The van der Waals surface area contributed by atoms with E-state index in [4.69, 9.17) is 9.72 Å². The van der Waals surface area contributed by atoms with Crippen LogP contribution in [0.25, 0.3) is 11.0 Å². The van der Waals surface area contributed by atoms with E-state index >= 15 is 0 Å². The third-order valence-corrected chi connectivity index (χ3v) is 5.03. The Hall–Kier alpha value is -2.24. The van der Waals surface area contributed by atoms with Gasteiger partial charge >= 0.3 is 0 Å². The standard InChI is InChI=1S/C22H30N4O.ClH/c1-4-25(5-2)15-16-26-21-10-8-7-9-20(21)24-22(26)23-17-18-11-13-19(14-12-18)27-6-3;/h7-14H,4-6,15-17H2,1-3H3,(H,23,24);1H. The molecule has 0 fully saturated rings. The molecule has 5 nitrogen and oxygen atoms in total. The highest BCUT2D eigenvalue weighted by Crippen LogP contribution is 2.20. The molecule has 0 saturated carbocycles. The molecular formula is C22H31ClN4O. The minimum Gasteiger partial charge on any atom is -1.00 e. The lowest BCUT2D eigenvalue weighted by Crippen LogP contribution is -3.11. The Balaban J connectivity index is 0.00000280. The molecule has 152 valence electrons. The highest BCUT2D eigenvalue weighted by molar-refractivity contribution is 5.78. The minimum absolute atomic E-state index is 0. The molecule has 0 unspecified atom stereocenters. The smallest absolute Gasteiger partial charge is 0.204 e. The molecule has 1 heterocycles. The van der Waals surface area contributed by atoms with Crippen LogP contribution in [0.15, 0.2) is 48.5 Å². The lowest BCUT2D eigenvalue weighted by atomic mass is 10.2. The number of halogens is 1. The Morgan fingerprint density at radius 3 is 2.39 bits per heavy atom. The lowest BCUT2D eigenvalue weighted by molar-refractivity contribution is -0.897. The number of ether oxygens (including phenoxy) is 1. The fraction of sp³-hybridized carbons (Fsp3) is 0.409. The number of benzene rings is 2. The van der Waals surface area contributed by atoms with Gasteiger partial charge in [-0.2, -0.15) is 0 Å². The molecule has 2 N–H and O–H groups in total. The van der Waals surface area contributed by atoms with Gasteiger partial charge in [0.15, 0.2) is 0 Å². The number of nitrogens with zero attached hydrogens (tertiary/aromatic N) is 2. The van der Waals surface area contributed by atoms with Crippen LogP contribution in [0.5, 0.6) is 5.75 Å². The number of quaternary nitrogens is 1. The predicted octanol–water partition coefficient (Wildman–Crippen LogP) is -0.0242. The van der Waals surface area contributed by atoms with E-state index in [-0.39, 0.29) is 12.4 Å². The number of hydrogen-bond acceptors (Lipinski definition) is 3. The van der Waals surface area contributed by atoms with Crippen LogP contribution in [0.2, 0.25) is 0 Å². The number of nitrogens with one attached hydrogen (secondary N) is 2. The maximum atomic E-state index is 5.52. The van der Waals surface area contributed by atoms with Crippen LogP contribution in [0.3, 0.4) is 0 Å². The number of anilines is 1. The van der Waals surface area contributed by atoms with Crippen LogP contribution in [-0.2, 0) is 13.1 Å². The zero-order chi connectivity index (χ0) is 19.1. The van der Waals surface area contributed by atoms with E-state index in [1.807, 2.05) is 25.1 Å². The first-order valence-corrected chi connectivity index (χ1v) is 9.99. The summed E-state index contributed by atoms with van der Waals surface area (Å²) < 4.78 is 7.83. The van der Waals surface area contributed by atoms with E-state index in [1.54, 1.807) is 4.90 Å². The summed E-state index contributed by atoms with van der Waals surface area (Å²) in [4.78, 5) is 6.42. The van der Waals surface area contributed by atoms with Crippen molar-refractivity contribution in [3.8, 4) is 5.75 Å². The topological polar surface area (TPSA) is 43.5 Å². The molecule has 28 heavy (non-hydrogen) atoms. The van der Waals surface area contributed by atoms with Gasteiger partial charge in [-0.3, -0.25) is 0 Å². The van der Waals surface area contributed by atoms with Gasteiger partial charge in [-0.25, -0.2) is 4.98 Å². The number of likely N-dealkylation sites (N-methyl/N-ethyl adjacent to an activating group) is 1. The van der Waals surface area contributed by atoms with Crippen molar-refractivity contribution in [1.29, 1.82) is 0 Å². The Kier molecular flexibility index (Phi) is 8.61. The Morgan fingerprint density at radius 1 is 1.00 bits per heavy atom. The molecule has 0 atom stereocenters. The van der Waals surface area contributed by atoms with Crippen molar-refractivity contribution >= 4 is 17.0 Å². The van der Waals surface area contributed by atoms with Crippen molar-refractivity contribution in [2.24, 2.45) is 0 Å². The van der Waals surface area contributed by atoms with Gasteiger partial charge in [0.2, 0.25) is 5.95 Å². The number of imidazole rings is 1. The zero-order valence-corrected chi connectivity index (χ0v) is 17.8. The first-order chi connectivity index (χ1) is 13.2. The highest BCUT2D eigenvalue weighted by atomic mass is 35.5. The van der Waals surface area contributed by atoms with Gasteiger partial charge in [-0.05, 0) is 50.6 Å². The lowest BCUT2D eigenvalue weighted by Gasteiger charge is -2.17. The van der Waals surface area contributed by atoms with Crippen LogP contribution in [0, 0.1) is 0 Å². The first kappa shape index (κ1) is 22.1. The van der Waals surface area contributed by atoms with Gasteiger partial charge in [0.05, 0.1) is 43.8 Å². The molecule has 0 spiro atoms. The molecular weight excluding hydrogens is 372 g/mol. The molecule has 0 bridgehead atoms. The Morgan fingerprint density at radius 2 is 1.71 bits per heavy atom. The zero-order valence-electron chi connectivity index (χ0n) is 17.0. The summed E-state index contributed by atoms with van der Waals surface area (Å²) in [6.45, 7) is 12.3. The third-order valence-electron chi connectivity index (χ3n) is 5.03. The van der Waals surface area contributed by atoms with Gasteiger partial charge in [0.25, 0.3) is 0 Å². The monoisotopic (exact) mass is 402 g/mol. The van der Waals surface area contributed by atoms with Gasteiger partial charge in [0, 0.05) is 6.54 Å². The molecule has 0 aliphatic rings. The second kappa shape index (κ2) is 10.9. The summed E-state index contributed by atoms with van der Waals surface area (Å²) in [6.07, 6.45) is 0. The summed E-state index contributed by atoms with van der Waals surface area (Å²) in [6, 6.07) is 16.6. The van der Waals surface area contributed by atoms with Gasteiger partial charge < -0.3 is 31.9 Å². The largest absolute Gasteiger partial charge is 1.00 e. The Labute approximate surface area is 174 Å². The number of rotatable bonds is 10. The second-order valence-electron chi connectivity index (χ2n) is 6.71. The van der Waals surface area contributed by atoms with E-state index in [2.05, 4.69) is 54.1 Å². The van der Waals surface area contributed by atoms with E-state index in [1.165, 1.54) is 11.1 Å². The molecule has 0 saturated heterocycles. The van der Waals surface area contributed by atoms with E-state index < -0.39 is 0 Å². The van der Waals surface area contributed by atoms with Crippen LogP contribution in [0.4, 0.5) is 5.95 Å². The van der Waals surface area contributed by atoms with Crippen molar-refractivity contribution in [2.75, 3.05) is 31.6 Å². The fourth-order valence-electron chi connectivity index (χ4n) is 3.36. The normalized spacial score (nSPS) is 10.9. The maximum absolute atomic E-state index is 5.52. The van der Waals surface area contributed by atoms with Gasteiger partial charge in [-0.15, -0.1) is 0 Å². The second-order valence-corrected chi connectivity index (χ2v) is 6.71. The highest BCUT2D eigenvalue weighted by Gasteiger charge is 2.12. The molecule has 0 aliphatic carbocycles. The number of aromatic nitrogens is 2. The van der Waals surface area contributed by atoms with Crippen molar-refractivity contribution in [3.05, 3.63) is 54.1 Å². The van der Waals surface area contributed by atoms with Crippen LogP contribution >= 0.6 is 0 Å². The number of para-hydroxylation sites is 2. The molecule has 3 aromatic rings. The summed E-state index contributed by atoms with van der Waals surface area (Å²) in [5.41, 5.74) is 3.45. The van der Waals surface area contributed by atoms with E-state index in [0.717, 1.165) is 49.9 Å².